The van der Waals surface area contributed by atoms with E-state index >= 15 is 0 Å². The molecule has 6 heteroatoms. The Morgan fingerprint density at radius 3 is 2.56 bits per heavy atom. The molecule has 4 rings (SSSR count). The van der Waals surface area contributed by atoms with Crippen LogP contribution in [0.4, 0.5) is 5.95 Å². The molecule has 0 spiro atoms. The summed E-state index contributed by atoms with van der Waals surface area (Å²) in [7, 11) is 1.64. The predicted octanol–water partition coefficient (Wildman–Crippen LogP) is 4.57. The molecular weight excluding hydrogens is 402 g/mol. The fourth-order valence-corrected chi connectivity index (χ4v) is 4.33. The lowest BCUT2D eigenvalue weighted by molar-refractivity contribution is 0.0694. The summed E-state index contributed by atoms with van der Waals surface area (Å²) < 4.78 is 5.21. The second-order valence-electron chi connectivity index (χ2n) is 8.22. The molecule has 0 saturated carbocycles. The predicted molar refractivity (Wildman–Crippen MR) is 125 cm³/mol. The molecule has 0 amide bonds. The van der Waals surface area contributed by atoms with Gasteiger partial charge in [-0.25, -0.2) is 14.8 Å². The van der Waals surface area contributed by atoms with Gasteiger partial charge in [0, 0.05) is 18.8 Å². The van der Waals surface area contributed by atoms with Crippen molar-refractivity contribution in [3.63, 3.8) is 0 Å². The zero-order valence-electron chi connectivity index (χ0n) is 18.4. The van der Waals surface area contributed by atoms with Crippen molar-refractivity contribution < 1.29 is 14.6 Å². The molecule has 2 aromatic carbocycles. The molecule has 2 heterocycles. The number of aromatic nitrogens is 2. The minimum absolute atomic E-state index is 0.180. The number of ether oxygens (including phenoxy) is 1. The number of methoxy groups -OCH3 is 1. The quantitative estimate of drug-likeness (QED) is 0.563. The molecule has 1 unspecified atom stereocenters. The number of carboxylic acid groups (broad SMARTS) is 1. The van der Waals surface area contributed by atoms with Crippen molar-refractivity contribution in [3.8, 4) is 5.75 Å². The molecule has 1 saturated heterocycles. The van der Waals surface area contributed by atoms with Crippen LogP contribution in [0.2, 0.25) is 0 Å². The lowest BCUT2D eigenvalue weighted by atomic mass is 9.96. The van der Waals surface area contributed by atoms with E-state index in [1.54, 1.807) is 7.11 Å². The number of nitrogens with zero attached hydrogens (tertiary/aromatic N) is 3. The summed E-state index contributed by atoms with van der Waals surface area (Å²) in [5.41, 5.74) is 3.18. The van der Waals surface area contributed by atoms with Crippen LogP contribution in [-0.4, -0.2) is 40.7 Å². The van der Waals surface area contributed by atoms with Gasteiger partial charge in [0.05, 0.1) is 18.4 Å². The molecular formula is C26H29N3O3. The first-order valence-corrected chi connectivity index (χ1v) is 11.2. The van der Waals surface area contributed by atoms with Crippen LogP contribution in [0, 0.1) is 0 Å². The minimum atomic E-state index is -0.985. The van der Waals surface area contributed by atoms with Crippen LogP contribution in [0.1, 0.15) is 46.4 Å². The fraction of sp³-hybridized carbons (Fsp3) is 0.346. The molecule has 1 aliphatic heterocycles. The van der Waals surface area contributed by atoms with E-state index < -0.39 is 5.97 Å². The zero-order valence-corrected chi connectivity index (χ0v) is 18.4. The fourth-order valence-electron chi connectivity index (χ4n) is 4.33. The number of piperidine rings is 1. The number of anilines is 1. The SMILES string of the molecule is COc1ccc(CCc2nc(N3CCCCC3Cc3ccccc3)ncc2C(=O)O)cc1. The van der Waals surface area contributed by atoms with Gasteiger partial charge in [-0.3, -0.25) is 0 Å². The molecule has 1 aromatic heterocycles. The summed E-state index contributed by atoms with van der Waals surface area (Å²) in [6, 6.07) is 18.6. The van der Waals surface area contributed by atoms with Crippen molar-refractivity contribution in [3.05, 3.63) is 83.2 Å². The Morgan fingerprint density at radius 2 is 1.84 bits per heavy atom. The number of aryl methyl sites for hydroxylation is 2. The Kier molecular flexibility index (Phi) is 7.00. The van der Waals surface area contributed by atoms with Crippen LogP contribution in [0.5, 0.6) is 5.75 Å². The van der Waals surface area contributed by atoms with E-state index in [2.05, 4.69) is 34.1 Å². The standard InChI is InChI=1S/C26H29N3O3/c1-32-22-13-10-19(11-14-22)12-15-24-23(25(30)31)18-27-26(28-24)29-16-6-5-9-21(29)17-20-7-3-2-4-8-20/h2-4,7-8,10-11,13-14,18,21H,5-6,9,12,15-17H2,1H3,(H,30,31). The molecule has 1 aliphatic rings. The van der Waals surface area contributed by atoms with Gasteiger partial charge in [-0.05, 0) is 61.8 Å². The van der Waals surface area contributed by atoms with Gasteiger partial charge < -0.3 is 14.7 Å². The summed E-state index contributed by atoms with van der Waals surface area (Å²) in [6.07, 6.45) is 7.02. The topological polar surface area (TPSA) is 75.5 Å². The summed E-state index contributed by atoms with van der Waals surface area (Å²) >= 11 is 0. The lowest BCUT2D eigenvalue weighted by Crippen LogP contribution is -2.42. The van der Waals surface area contributed by atoms with Crippen LogP contribution in [0.15, 0.2) is 60.8 Å². The maximum absolute atomic E-state index is 11.8. The third kappa shape index (κ3) is 5.25. The van der Waals surface area contributed by atoms with Crippen LogP contribution in [-0.2, 0) is 19.3 Å². The van der Waals surface area contributed by atoms with Crippen molar-refractivity contribution >= 4 is 11.9 Å². The number of rotatable bonds is 8. The molecule has 1 fully saturated rings. The minimum Gasteiger partial charge on any atom is -0.497 e. The zero-order chi connectivity index (χ0) is 22.3. The van der Waals surface area contributed by atoms with Crippen molar-refractivity contribution in [2.24, 2.45) is 0 Å². The Labute approximate surface area is 188 Å². The monoisotopic (exact) mass is 431 g/mol. The molecule has 166 valence electrons. The second kappa shape index (κ2) is 10.3. The Bertz CT molecular complexity index is 1040. The van der Waals surface area contributed by atoms with Gasteiger partial charge in [-0.2, -0.15) is 0 Å². The molecule has 3 aromatic rings. The molecule has 1 N–H and O–H groups in total. The number of carbonyl (C=O) groups is 1. The molecule has 0 radical (unpaired) electrons. The van der Waals surface area contributed by atoms with Gasteiger partial charge in [0.2, 0.25) is 5.95 Å². The maximum atomic E-state index is 11.8. The normalized spacial score (nSPS) is 16.0. The number of hydrogen-bond acceptors (Lipinski definition) is 5. The Hall–Kier alpha value is -3.41. The lowest BCUT2D eigenvalue weighted by Gasteiger charge is -2.36. The highest BCUT2D eigenvalue weighted by Gasteiger charge is 2.26. The average molecular weight is 432 g/mol. The first kappa shape index (κ1) is 21.8. The highest BCUT2D eigenvalue weighted by molar-refractivity contribution is 5.88. The van der Waals surface area contributed by atoms with Gasteiger partial charge in [0.1, 0.15) is 5.75 Å². The largest absolute Gasteiger partial charge is 0.497 e. The van der Waals surface area contributed by atoms with Crippen molar-refractivity contribution in [2.75, 3.05) is 18.6 Å². The van der Waals surface area contributed by atoms with E-state index in [4.69, 9.17) is 9.72 Å². The Morgan fingerprint density at radius 1 is 1.06 bits per heavy atom. The first-order valence-electron chi connectivity index (χ1n) is 11.2. The van der Waals surface area contributed by atoms with E-state index in [0.29, 0.717) is 30.5 Å². The average Bonchev–Trinajstić information content (AvgIpc) is 2.84. The smallest absolute Gasteiger partial charge is 0.339 e. The van der Waals surface area contributed by atoms with E-state index in [1.165, 1.54) is 18.2 Å². The number of aromatic carboxylic acids is 1. The molecule has 0 bridgehead atoms. The third-order valence-electron chi connectivity index (χ3n) is 6.09. The number of hydrogen-bond donors (Lipinski definition) is 1. The van der Waals surface area contributed by atoms with Crippen LogP contribution in [0.3, 0.4) is 0 Å². The van der Waals surface area contributed by atoms with Crippen LogP contribution in [0.25, 0.3) is 0 Å². The molecule has 32 heavy (non-hydrogen) atoms. The molecule has 0 aliphatic carbocycles. The Balaban J connectivity index is 1.55. The third-order valence-corrected chi connectivity index (χ3v) is 6.09. The van der Waals surface area contributed by atoms with Gasteiger partial charge in [0.15, 0.2) is 0 Å². The van der Waals surface area contributed by atoms with Crippen LogP contribution < -0.4 is 9.64 Å². The maximum Gasteiger partial charge on any atom is 0.339 e. The summed E-state index contributed by atoms with van der Waals surface area (Å²) in [5, 5.41) is 9.67. The van der Waals surface area contributed by atoms with Crippen molar-refractivity contribution in [2.45, 2.75) is 44.6 Å². The summed E-state index contributed by atoms with van der Waals surface area (Å²) in [5.74, 6) is 0.458. The van der Waals surface area contributed by atoms with E-state index in [1.807, 2.05) is 30.3 Å². The van der Waals surface area contributed by atoms with Crippen molar-refractivity contribution in [1.29, 1.82) is 0 Å². The number of carboxylic acids is 1. The highest BCUT2D eigenvalue weighted by Crippen LogP contribution is 2.26. The summed E-state index contributed by atoms with van der Waals surface area (Å²) in [4.78, 5) is 23.3. The van der Waals surface area contributed by atoms with Gasteiger partial charge in [-0.1, -0.05) is 42.5 Å². The van der Waals surface area contributed by atoms with Gasteiger partial charge in [0.25, 0.3) is 0 Å². The van der Waals surface area contributed by atoms with E-state index in [9.17, 15) is 9.90 Å². The summed E-state index contributed by atoms with van der Waals surface area (Å²) in [6.45, 7) is 0.891. The van der Waals surface area contributed by atoms with E-state index in [0.717, 1.165) is 37.1 Å². The first-order chi connectivity index (χ1) is 15.6. The van der Waals surface area contributed by atoms with Gasteiger partial charge in [-0.15, -0.1) is 0 Å². The number of benzene rings is 2. The van der Waals surface area contributed by atoms with E-state index in [-0.39, 0.29) is 5.56 Å². The van der Waals surface area contributed by atoms with Crippen LogP contribution >= 0.6 is 0 Å². The molecule has 6 nitrogen and oxygen atoms in total. The second-order valence-corrected chi connectivity index (χ2v) is 8.22. The highest BCUT2D eigenvalue weighted by atomic mass is 16.5. The van der Waals surface area contributed by atoms with Crippen molar-refractivity contribution in [1.82, 2.24) is 9.97 Å². The van der Waals surface area contributed by atoms with Gasteiger partial charge >= 0.3 is 5.97 Å². The molecule has 1 atom stereocenters.